The lowest BCUT2D eigenvalue weighted by molar-refractivity contribution is 0.195. The van der Waals surface area contributed by atoms with Gasteiger partial charge in [-0.3, -0.25) is 0 Å². The summed E-state index contributed by atoms with van der Waals surface area (Å²) in [5.41, 5.74) is 0. The molecule has 0 heterocycles. The van der Waals surface area contributed by atoms with Gasteiger partial charge in [0.05, 0.1) is 6.10 Å². The largest absolute Gasteiger partial charge is 0.392 e. The molecule has 0 aliphatic carbocycles. The van der Waals surface area contributed by atoms with Crippen LogP contribution in [0.4, 0.5) is 8.78 Å². The van der Waals surface area contributed by atoms with E-state index in [4.69, 9.17) is 0 Å². The van der Waals surface area contributed by atoms with Gasteiger partial charge in [0.25, 0.3) is 0 Å². The van der Waals surface area contributed by atoms with Crippen LogP contribution in [0.3, 0.4) is 0 Å². The van der Waals surface area contributed by atoms with Gasteiger partial charge in [0, 0.05) is 10.6 Å². The molecule has 1 N–H and O–H groups in total. The van der Waals surface area contributed by atoms with Gasteiger partial charge in [-0.1, -0.05) is 6.92 Å². The molecular weight excluding hydrogens is 206 g/mol. The van der Waals surface area contributed by atoms with Gasteiger partial charge < -0.3 is 5.11 Å². The molecule has 0 bridgehead atoms. The van der Waals surface area contributed by atoms with Crippen molar-refractivity contribution in [1.29, 1.82) is 0 Å². The number of hydrogen-bond donors (Lipinski definition) is 1. The van der Waals surface area contributed by atoms with Crippen LogP contribution in [0.25, 0.3) is 0 Å². The molecule has 1 rings (SSSR count). The highest BCUT2D eigenvalue weighted by molar-refractivity contribution is 7.99. The van der Waals surface area contributed by atoms with Crippen LogP contribution in [0, 0.1) is 11.6 Å². The van der Waals surface area contributed by atoms with Crippen LogP contribution < -0.4 is 0 Å². The first-order chi connectivity index (χ1) is 6.63. The number of thioether (sulfide) groups is 1. The third-order valence-electron chi connectivity index (χ3n) is 1.80. The van der Waals surface area contributed by atoms with Crippen molar-refractivity contribution in [1.82, 2.24) is 0 Å². The molecule has 0 fully saturated rings. The van der Waals surface area contributed by atoms with E-state index in [1.165, 1.54) is 17.8 Å². The summed E-state index contributed by atoms with van der Waals surface area (Å²) in [7, 11) is 0. The summed E-state index contributed by atoms with van der Waals surface area (Å²) in [6.45, 7) is 1.87. The zero-order chi connectivity index (χ0) is 10.6. The van der Waals surface area contributed by atoms with Crippen molar-refractivity contribution in [2.45, 2.75) is 24.3 Å². The van der Waals surface area contributed by atoms with E-state index in [2.05, 4.69) is 0 Å². The van der Waals surface area contributed by atoms with E-state index in [1.54, 1.807) is 0 Å². The summed E-state index contributed by atoms with van der Waals surface area (Å²) >= 11 is 1.32. The van der Waals surface area contributed by atoms with Gasteiger partial charge >= 0.3 is 0 Å². The van der Waals surface area contributed by atoms with Crippen molar-refractivity contribution in [3.8, 4) is 0 Å². The minimum Gasteiger partial charge on any atom is -0.392 e. The van der Waals surface area contributed by atoms with Crippen LogP contribution in [-0.2, 0) is 0 Å². The van der Waals surface area contributed by atoms with Crippen molar-refractivity contribution in [3.63, 3.8) is 0 Å². The van der Waals surface area contributed by atoms with Crippen molar-refractivity contribution in [3.05, 3.63) is 29.8 Å². The second-order valence-electron chi connectivity index (χ2n) is 2.95. The Balaban J connectivity index is 2.55. The molecule has 0 spiro atoms. The number of rotatable bonds is 4. The van der Waals surface area contributed by atoms with E-state index < -0.39 is 17.7 Å². The summed E-state index contributed by atoms with van der Waals surface area (Å²) in [5, 5.41) is 9.25. The average molecular weight is 218 g/mol. The molecule has 0 amide bonds. The average Bonchev–Trinajstić information content (AvgIpc) is 2.19. The summed E-state index contributed by atoms with van der Waals surface area (Å²) in [6, 6.07) is 3.74. The van der Waals surface area contributed by atoms with Crippen LogP contribution >= 0.6 is 11.8 Å². The first-order valence-corrected chi connectivity index (χ1v) is 5.38. The molecule has 1 aromatic rings. The third kappa shape index (κ3) is 3.27. The number of hydrogen-bond acceptors (Lipinski definition) is 2. The van der Waals surface area contributed by atoms with Crippen LogP contribution in [0.15, 0.2) is 23.1 Å². The molecule has 0 radical (unpaired) electrons. The Bertz CT molecular complexity index is 304. The Kier molecular flexibility index (Phi) is 4.35. The second kappa shape index (κ2) is 5.32. The number of aliphatic hydroxyl groups excluding tert-OH is 1. The summed E-state index contributed by atoms with van der Waals surface area (Å²) < 4.78 is 25.3. The maximum Gasteiger partial charge on any atom is 0.159 e. The van der Waals surface area contributed by atoms with Gasteiger partial charge in [-0.2, -0.15) is 0 Å². The Hall–Kier alpha value is -0.610. The van der Waals surface area contributed by atoms with E-state index in [-0.39, 0.29) is 0 Å². The molecule has 0 aliphatic rings. The smallest absolute Gasteiger partial charge is 0.159 e. The Morgan fingerprint density at radius 1 is 1.36 bits per heavy atom. The number of halogens is 2. The molecular formula is C10H12F2OS. The lowest BCUT2D eigenvalue weighted by Crippen LogP contribution is -2.07. The quantitative estimate of drug-likeness (QED) is 0.784. The number of benzene rings is 1. The van der Waals surface area contributed by atoms with Crippen LogP contribution in [0.2, 0.25) is 0 Å². The van der Waals surface area contributed by atoms with Crippen LogP contribution in [0.5, 0.6) is 0 Å². The third-order valence-corrected chi connectivity index (χ3v) is 2.94. The first-order valence-electron chi connectivity index (χ1n) is 4.39. The van der Waals surface area contributed by atoms with Crippen molar-refractivity contribution in [2.75, 3.05) is 5.75 Å². The maximum atomic E-state index is 12.7. The lowest BCUT2D eigenvalue weighted by atomic mass is 10.3. The van der Waals surface area contributed by atoms with Crippen LogP contribution in [-0.4, -0.2) is 17.0 Å². The van der Waals surface area contributed by atoms with Gasteiger partial charge in [-0.05, 0) is 24.6 Å². The zero-order valence-electron chi connectivity index (χ0n) is 7.84. The Morgan fingerprint density at radius 3 is 2.64 bits per heavy atom. The predicted octanol–water partition coefficient (Wildman–Crippen LogP) is 2.83. The molecule has 0 aliphatic heterocycles. The van der Waals surface area contributed by atoms with Gasteiger partial charge in [-0.15, -0.1) is 11.8 Å². The van der Waals surface area contributed by atoms with E-state index in [0.29, 0.717) is 17.1 Å². The van der Waals surface area contributed by atoms with Crippen molar-refractivity contribution >= 4 is 11.8 Å². The zero-order valence-corrected chi connectivity index (χ0v) is 8.65. The van der Waals surface area contributed by atoms with Gasteiger partial charge in [0.2, 0.25) is 0 Å². The van der Waals surface area contributed by atoms with E-state index >= 15 is 0 Å². The van der Waals surface area contributed by atoms with E-state index in [1.807, 2.05) is 6.92 Å². The van der Waals surface area contributed by atoms with Crippen molar-refractivity contribution in [2.24, 2.45) is 0 Å². The lowest BCUT2D eigenvalue weighted by Gasteiger charge is -2.06. The highest BCUT2D eigenvalue weighted by Crippen LogP contribution is 2.21. The molecule has 1 atom stereocenters. The van der Waals surface area contributed by atoms with Gasteiger partial charge in [-0.25, -0.2) is 8.78 Å². The molecule has 1 nitrogen and oxygen atoms in total. The molecule has 0 saturated heterocycles. The Labute approximate surface area is 86.1 Å². The molecule has 4 heteroatoms. The second-order valence-corrected chi connectivity index (χ2v) is 4.04. The molecule has 1 aromatic carbocycles. The van der Waals surface area contributed by atoms with Gasteiger partial charge in [0.15, 0.2) is 11.6 Å². The SMILES string of the molecule is CCC(O)CSc1ccc(F)c(F)c1. The summed E-state index contributed by atoms with van der Waals surface area (Å²) in [6.07, 6.45) is 0.268. The van der Waals surface area contributed by atoms with E-state index in [0.717, 1.165) is 12.1 Å². The first kappa shape index (κ1) is 11.5. The highest BCUT2D eigenvalue weighted by atomic mass is 32.2. The molecule has 78 valence electrons. The fourth-order valence-corrected chi connectivity index (χ4v) is 1.85. The maximum absolute atomic E-state index is 12.7. The van der Waals surface area contributed by atoms with E-state index in [9.17, 15) is 13.9 Å². The molecule has 14 heavy (non-hydrogen) atoms. The standard InChI is InChI=1S/C10H12F2OS/c1-2-7(13)6-14-8-3-4-9(11)10(12)5-8/h3-5,7,13H,2,6H2,1H3. The number of aliphatic hydroxyl groups is 1. The monoisotopic (exact) mass is 218 g/mol. The predicted molar refractivity (Wildman–Crippen MR) is 53.4 cm³/mol. The minimum atomic E-state index is -0.846. The minimum absolute atomic E-state index is 0.395. The summed E-state index contributed by atoms with van der Waals surface area (Å²) in [4.78, 5) is 0.636. The fraction of sp³-hybridized carbons (Fsp3) is 0.400. The molecule has 0 saturated carbocycles. The topological polar surface area (TPSA) is 20.2 Å². The molecule has 1 unspecified atom stereocenters. The fourth-order valence-electron chi connectivity index (χ4n) is 0.877. The normalized spacial score (nSPS) is 12.9. The summed E-state index contributed by atoms with van der Waals surface area (Å²) in [5.74, 6) is -1.19. The highest BCUT2D eigenvalue weighted by Gasteiger charge is 2.05. The molecule has 0 aromatic heterocycles. The van der Waals surface area contributed by atoms with Gasteiger partial charge in [0.1, 0.15) is 0 Å². The van der Waals surface area contributed by atoms with Crippen molar-refractivity contribution < 1.29 is 13.9 Å². The Morgan fingerprint density at radius 2 is 2.07 bits per heavy atom. The van der Waals surface area contributed by atoms with Crippen LogP contribution in [0.1, 0.15) is 13.3 Å².